The van der Waals surface area contributed by atoms with Crippen LogP contribution in [0.3, 0.4) is 0 Å². The molecule has 8 heteroatoms. The molecule has 3 heterocycles. The van der Waals surface area contributed by atoms with E-state index in [1.165, 1.54) is 5.56 Å². The highest BCUT2D eigenvalue weighted by Gasteiger charge is 2.27. The van der Waals surface area contributed by atoms with Crippen molar-refractivity contribution >= 4 is 17.5 Å². The monoisotopic (exact) mass is 416 g/mol. The average molecular weight is 417 g/mol. The number of hydrogen-bond donors (Lipinski definition) is 1. The SMILES string of the molecule is COc1ccc(C2=Nn3c(nnc3-c3cc(-c4ccc(C)cc4)n[nH]3)SC2C)cc1. The van der Waals surface area contributed by atoms with Crippen LogP contribution in [0.2, 0.25) is 0 Å². The molecule has 0 radical (unpaired) electrons. The van der Waals surface area contributed by atoms with Gasteiger partial charge in [-0.25, -0.2) is 0 Å². The zero-order valence-corrected chi connectivity index (χ0v) is 17.6. The number of methoxy groups -OCH3 is 1. The first-order chi connectivity index (χ1) is 14.6. The van der Waals surface area contributed by atoms with Crippen LogP contribution in [-0.2, 0) is 0 Å². The van der Waals surface area contributed by atoms with Crippen LogP contribution < -0.4 is 4.74 Å². The number of H-pyrrole nitrogens is 1. The summed E-state index contributed by atoms with van der Waals surface area (Å²) >= 11 is 1.64. The smallest absolute Gasteiger partial charge is 0.213 e. The molecule has 0 aliphatic carbocycles. The van der Waals surface area contributed by atoms with Crippen LogP contribution in [0.15, 0.2) is 64.9 Å². The Morgan fingerprint density at radius 2 is 1.73 bits per heavy atom. The van der Waals surface area contributed by atoms with E-state index < -0.39 is 0 Å². The predicted octanol–water partition coefficient (Wildman–Crippen LogP) is 4.40. The van der Waals surface area contributed by atoms with E-state index in [2.05, 4.69) is 58.5 Å². The Hall–Kier alpha value is -3.39. The molecule has 0 saturated heterocycles. The lowest BCUT2D eigenvalue weighted by atomic mass is 10.1. The number of aromatic amines is 1. The number of benzene rings is 2. The van der Waals surface area contributed by atoms with Crippen molar-refractivity contribution in [3.8, 4) is 28.5 Å². The topological polar surface area (TPSA) is 81.0 Å². The minimum absolute atomic E-state index is 0.160. The Balaban J connectivity index is 1.52. The number of nitrogens with one attached hydrogen (secondary N) is 1. The van der Waals surface area contributed by atoms with Crippen LogP contribution in [0.25, 0.3) is 22.8 Å². The summed E-state index contributed by atoms with van der Waals surface area (Å²) < 4.78 is 7.06. The number of hydrogen-bond acceptors (Lipinski definition) is 6. The van der Waals surface area contributed by atoms with Gasteiger partial charge in [-0.05, 0) is 49.7 Å². The van der Waals surface area contributed by atoms with Crippen molar-refractivity contribution in [3.63, 3.8) is 0 Å². The van der Waals surface area contributed by atoms with Crippen LogP contribution in [0.4, 0.5) is 0 Å². The number of thioether (sulfide) groups is 1. The summed E-state index contributed by atoms with van der Waals surface area (Å²) in [5.74, 6) is 1.46. The highest BCUT2D eigenvalue weighted by molar-refractivity contribution is 8.00. The molecular weight excluding hydrogens is 396 g/mol. The molecule has 0 bridgehead atoms. The number of aromatic nitrogens is 5. The summed E-state index contributed by atoms with van der Waals surface area (Å²) in [6, 6.07) is 18.2. The van der Waals surface area contributed by atoms with E-state index in [1.54, 1.807) is 23.5 Å². The van der Waals surface area contributed by atoms with Crippen molar-refractivity contribution in [1.29, 1.82) is 0 Å². The molecule has 1 aliphatic heterocycles. The van der Waals surface area contributed by atoms with E-state index in [0.29, 0.717) is 5.82 Å². The Labute approximate surface area is 178 Å². The molecule has 30 heavy (non-hydrogen) atoms. The molecule has 150 valence electrons. The summed E-state index contributed by atoms with van der Waals surface area (Å²) in [7, 11) is 1.66. The van der Waals surface area contributed by atoms with Crippen molar-refractivity contribution in [3.05, 3.63) is 65.7 Å². The van der Waals surface area contributed by atoms with Gasteiger partial charge in [0.15, 0.2) is 0 Å². The predicted molar refractivity (Wildman–Crippen MR) is 118 cm³/mol. The molecule has 4 aromatic rings. The summed E-state index contributed by atoms with van der Waals surface area (Å²) in [4.78, 5) is 0. The molecule has 0 fully saturated rings. The third kappa shape index (κ3) is 3.29. The summed E-state index contributed by atoms with van der Waals surface area (Å²) in [5.41, 5.74) is 5.91. The molecule has 2 aromatic heterocycles. The van der Waals surface area contributed by atoms with Crippen molar-refractivity contribution in [2.24, 2.45) is 5.10 Å². The molecule has 1 aliphatic rings. The Kier molecular flexibility index (Phi) is 4.63. The second-order valence-electron chi connectivity index (χ2n) is 7.12. The van der Waals surface area contributed by atoms with Crippen LogP contribution >= 0.6 is 11.8 Å². The second kappa shape index (κ2) is 7.46. The fourth-order valence-electron chi connectivity index (χ4n) is 3.36. The molecule has 0 spiro atoms. The minimum atomic E-state index is 0.160. The molecule has 7 nitrogen and oxygen atoms in total. The van der Waals surface area contributed by atoms with Crippen LogP contribution in [0.5, 0.6) is 5.75 Å². The third-order valence-electron chi connectivity index (χ3n) is 5.04. The molecule has 1 unspecified atom stereocenters. The quantitative estimate of drug-likeness (QED) is 0.533. The molecule has 1 N–H and O–H groups in total. The first-order valence-electron chi connectivity index (χ1n) is 9.60. The standard InChI is InChI=1S/C22H20N6OS/c1-13-4-6-15(7-5-13)18-12-19(24-23-18)21-25-26-22-28(21)27-20(14(2)30-22)16-8-10-17(29-3)11-9-16/h4-12,14H,1-3H3,(H,23,24). The largest absolute Gasteiger partial charge is 0.497 e. The van der Waals surface area contributed by atoms with Crippen LogP contribution in [-0.4, -0.2) is 43.1 Å². The maximum Gasteiger partial charge on any atom is 0.213 e. The first-order valence-corrected chi connectivity index (χ1v) is 10.5. The summed E-state index contributed by atoms with van der Waals surface area (Å²) in [6.45, 7) is 4.19. The van der Waals surface area contributed by atoms with Gasteiger partial charge in [-0.3, -0.25) is 5.10 Å². The van der Waals surface area contributed by atoms with Gasteiger partial charge in [-0.15, -0.1) is 10.2 Å². The highest BCUT2D eigenvalue weighted by atomic mass is 32.2. The summed E-state index contributed by atoms with van der Waals surface area (Å²) in [5, 5.41) is 22.1. The van der Waals surface area contributed by atoms with Gasteiger partial charge in [0, 0.05) is 5.56 Å². The number of rotatable bonds is 4. The van der Waals surface area contributed by atoms with Crippen molar-refractivity contribution < 1.29 is 4.74 Å². The maximum atomic E-state index is 5.27. The Bertz CT molecular complexity index is 1220. The lowest BCUT2D eigenvalue weighted by Gasteiger charge is -2.19. The van der Waals surface area contributed by atoms with Gasteiger partial charge in [-0.1, -0.05) is 41.6 Å². The van der Waals surface area contributed by atoms with Gasteiger partial charge >= 0.3 is 0 Å². The zero-order valence-electron chi connectivity index (χ0n) is 16.8. The van der Waals surface area contributed by atoms with Crippen molar-refractivity contribution in [2.45, 2.75) is 24.3 Å². The van der Waals surface area contributed by atoms with E-state index >= 15 is 0 Å². The highest BCUT2D eigenvalue weighted by Crippen LogP contribution is 2.33. The second-order valence-corrected chi connectivity index (χ2v) is 8.43. The number of aryl methyl sites for hydroxylation is 1. The van der Waals surface area contributed by atoms with E-state index in [4.69, 9.17) is 9.84 Å². The van der Waals surface area contributed by atoms with Gasteiger partial charge < -0.3 is 4.74 Å². The molecule has 5 rings (SSSR count). The molecule has 0 amide bonds. The van der Waals surface area contributed by atoms with E-state index in [0.717, 1.165) is 39.1 Å². The van der Waals surface area contributed by atoms with Crippen LogP contribution in [0, 0.1) is 6.92 Å². The zero-order chi connectivity index (χ0) is 20.7. The molecule has 1 atom stereocenters. The molecule has 0 saturated carbocycles. The first kappa shape index (κ1) is 18.6. The van der Waals surface area contributed by atoms with Crippen molar-refractivity contribution in [1.82, 2.24) is 25.1 Å². The fourth-order valence-corrected chi connectivity index (χ4v) is 4.29. The number of ether oxygens (including phenoxy) is 1. The van der Waals surface area contributed by atoms with Gasteiger partial charge in [-0.2, -0.15) is 14.9 Å². The number of nitrogens with zero attached hydrogens (tertiary/aromatic N) is 5. The van der Waals surface area contributed by atoms with Gasteiger partial charge in [0.25, 0.3) is 0 Å². The van der Waals surface area contributed by atoms with Gasteiger partial charge in [0.05, 0.1) is 23.8 Å². The minimum Gasteiger partial charge on any atom is -0.497 e. The average Bonchev–Trinajstić information content (AvgIpc) is 3.40. The fraction of sp³-hybridized carbons (Fsp3) is 0.182. The Morgan fingerprint density at radius 3 is 2.47 bits per heavy atom. The van der Waals surface area contributed by atoms with Gasteiger partial charge in [0.2, 0.25) is 11.0 Å². The summed E-state index contributed by atoms with van der Waals surface area (Å²) in [6.07, 6.45) is 0. The lowest BCUT2D eigenvalue weighted by Crippen LogP contribution is -2.21. The van der Waals surface area contributed by atoms with E-state index in [1.807, 2.05) is 30.3 Å². The molecule has 2 aromatic carbocycles. The maximum absolute atomic E-state index is 5.27. The number of fused-ring (bicyclic) bond motifs is 1. The molecular formula is C22H20N6OS. The normalized spacial score (nSPS) is 15.6. The van der Waals surface area contributed by atoms with Crippen molar-refractivity contribution in [2.75, 3.05) is 7.11 Å². The van der Waals surface area contributed by atoms with E-state index in [-0.39, 0.29) is 5.25 Å². The lowest BCUT2D eigenvalue weighted by molar-refractivity contribution is 0.415. The van der Waals surface area contributed by atoms with Crippen LogP contribution in [0.1, 0.15) is 18.1 Å². The van der Waals surface area contributed by atoms with E-state index in [9.17, 15) is 0 Å². The third-order valence-corrected chi connectivity index (χ3v) is 6.08. The Morgan fingerprint density at radius 1 is 1.00 bits per heavy atom. The van der Waals surface area contributed by atoms with Gasteiger partial charge in [0.1, 0.15) is 11.4 Å².